The average molecular weight is 817 g/mol. The maximum absolute atomic E-state index is 14.0. The Bertz CT molecular complexity index is 1390. The number of rotatable bonds is 6. The first-order valence-electron chi connectivity index (χ1n) is 14.0. The second-order valence-corrected chi connectivity index (χ2v) is 11.6. The summed E-state index contributed by atoms with van der Waals surface area (Å²) in [5.74, 6) is 0.488. The third kappa shape index (κ3) is 9.23. The quantitative estimate of drug-likeness (QED) is 0.152. The smallest absolute Gasteiger partial charge is 0.126 e. The second-order valence-electron chi connectivity index (χ2n) is 11.3. The molecule has 0 radical (unpaired) electrons. The molecule has 0 spiro atoms. The van der Waals surface area contributed by atoms with E-state index in [9.17, 15) is 13.9 Å². The summed E-state index contributed by atoms with van der Waals surface area (Å²) in [6, 6.07) is 19.4. The zero-order chi connectivity index (χ0) is 31.7. The average Bonchev–Trinajstić information content (AvgIpc) is 2.94. The molecule has 0 heterocycles. The van der Waals surface area contributed by atoms with E-state index in [2.05, 4.69) is 62.4 Å². The maximum atomic E-state index is 14.0. The first-order valence-corrected chi connectivity index (χ1v) is 20.8. The van der Waals surface area contributed by atoms with Crippen molar-refractivity contribution >= 4 is 48.8 Å². The molecular weight excluding hydrogens is 776 g/mol. The van der Waals surface area contributed by atoms with Gasteiger partial charge in [0.15, 0.2) is 0 Å². The van der Waals surface area contributed by atoms with Crippen LogP contribution in [0.5, 0.6) is 0 Å². The van der Waals surface area contributed by atoms with E-state index in [-0.39, 0.29) is 30.1 Å². The molecule has 0 aliphatic heterocycles. The summed E-state index contributed by atoms with van der Waals surface area (Å²) in [5, 5.41) is 9.55. The molecule has 1 nitrogen and oxygen atoms in total. The summed E-state index contributed by atoms with van der Waals surface area (Å²) in [5.41, 5.74) is 11.8. The van der Waals surface area contributed by atoms with Gasteiger partial charge in [0.25, 0.3) is 0 Å². The molecule has 0 fully saturated rings. The number of benzene rings is 4. The van der Waals surface area contributed by atoms with Crippen molar-refractivity contribution in [2.45, 2.75) is 79.7 Å². The lowest BCUT2D eigenvalue weighted by Gasteiger charge is -2.15. The van der Waals surface area contributed by atoms with Crippen LogP contribution in [0.1, 0.15) is 84.0 Å². The highest BCUT2D eigenvalue weighted by molar-refractivity contribution is 15.0. The molecule has 4 aromatic carbocycles. The Balaban J connectivity index is 0.000000277. The molecule has 4 rings (SSSR count). The van der Waals surface area contributed by atoms with Gasteiger partial charge in [0.05, 0.1) is 6.61 Å². The molecule has 0 unspecified atom stereocenters. The lowest BCUT2D eigenvalue weighted by atomic mass is 9.90. The summed E-state index contributed by atoms with van der Waals surface area (Å²) in [6.45, 7) is 15.9. The Morgan fingerprint density at radius 3 is 1.36 bits per heavy atom. The molecular formula is C36H41ClF2I2O. The summed E-state index contributed by atoms with van der Waals surface area (Å²) in [6.07, 6.45) is 0. The minimum Gasteiger partial charge on any atom is -0.392 e. The van der Waals surface area contributed by atoms with Gasteiger partial charge in [-0.05, 0) is 119 Å². The molecule has 6 heteroatoms. The number of aryl methyl sites for hydroxylation is 4. The third-order valence-corrected chi connectivity index (χ3v) is 7.64. The van der Waals surface area contributed by atoms with E-state index < -0.39 is 0 Å². The van der Waals surface area contributed by atoms with Crippen LogP contribution >= 0.6 is 48.8 Å². The molecule has 4 aromatic rings. The van der Waals surface area contributed by atoms with Crippen molar-refractivity contribution in [3.05, 3.63) is 117 Å². The minimum atomic E-state index is -0.154. The normalized spacial score (nSPS) is 10.8. The fraction of sp³-hybridized carbons (Fsp3) is 0.333. The molecule has 0 amide bonds. The van der Waals surface area contributed by atoms with E-state index in [1.54, 1.807) is 12.1 Å². The Kier molecular flexibility index (Phi) is 14.9. The van der Waals surface area contributed by atoms with Gasteiger partial charge in [-0.1, -0.05) is 75.2 Å². The van der Waals surface area contributed by atoms with Crippen LogP contribution in [-0.4, -0.2) is 5.11 Å². The largest absolute Gasteiger partial charge is 0.392 e. The van der Waals surface area contributed by atoms with Crippen LogP contribution in [0.15, 0.2) is 60.7 Å². The molecule has 226 valence electrons. The van der Waals surface area contributed by atoms with E-state index in [1.807, 2.05) is 78.8 Å². The van der Waals surface area contributed by atoms with Gasteiger partial charge in [0.1, 0.15) is 11.6 Å². The number of halogens is 5. The van der Waals surface area contributed by atoms with Gasteiger partial charge in [-0.15, -0.1) is 11.6 Å². The zero-order valence-electron chi connectivity index (χ0n) is 25.7. The van der Waals surface area contributed by atoms with Gasteiger partial charge in [0, 0.05) is 43.1 Å². The van der Waals surface area contributed by atoms with Crippen LogP contribution in [0.3, 0.4) is 0 Å². The van der Waals surface area contributed by atoms with Crippen LogP contribution < -0.4 is 0 Å². The number of hydrogen-bond acceptors (Lipinski definition) is 1. The highest BCUT2D eigenvalue weighted by Crippen LogP contribution is 2.34. The molecule has 0 saturated carbocycles. The lowest BCUT2D eigenvalue weighted by molar-refractivity contribution is 0.282. The second kappa shape index (κ2) is 17.1. The van der Waals surface area contributed by atoms with E-state index in [1.165, 1.54) is 5.56 Å². The topological polar surface area (TPSA) is 20.2 Å². The molecule has 0 atom stereocenters. The fourth-order valence-corrected chi connectivity index (χ4v) is 5.28. The number of hydrogen-bond donors (Lipinski definition) is 1. The summed E-state index contributed by atoms with van der Waals surface area (Å²) < 4.78 is 28.0. The Labute approximate surface area is 279 Å². The third-order valence-electron chi connectivity index (χ3n) is 7.35. The first kappa shape index (κ1) is 36.6. The van der Waals surface area contributed by atoms with Crippen molar-refractivity contribution in [2.75, 3.05) is 0 Å². The van der Waals surface area contributed by atoms with Crippen molar-refractivity contribution in [2.24, 2.45) is 0 Å². The molecule has 0 aliphatic rings. The number of aliphatic hydroxyl groups is 1. The highest BCUT2D eigenvalue weighted by Gasteiger charge is 2.15. The van der Waals surface area contributed by atoms with Crippen molar-refractivity contribution in [1.82, 2.24) is 0 Å². The molecule has 0 saturated heterocycles. The van der Waals surface area contributed by atoms with Crippen molar-refractivity contribution in [3.8, 4) is 22.3 Å². The van der Waals surface area contributed by atoms with Gasteiger partial charge in [-0.25, -0.2) is 8.78 Å². The predicted octanol–water partition coefficient (Wildman–Crippen LogP) is 12.5. The van der Waals surface area contributed by atoms with E-state index in [0.29, 0.717) is 5.88 Å². The SMILES string of the molecule is Cc1ccc(-c2cc(C(C)C)c(F)cc2C)c(CCl)c1.Cc1ccc(-c2cc(C(C)C)c(F)cc2C)c(CO)c1.II. The van der Waals surface area contributed by atoms with Crippen molar-refractivity contribution < 1.29 is 13.9 Å². The number of aliphatic hydroxyl groups excluding tert-OH is 1. The Morgan fingerprint density at radius 1 is 0.619 bits per heavy atom. The summed E-state index contributed by atoms with van der Waals surface area (Å²) in [4.78, 5) is 0. The predicted molar refractivity (Wildman–Crippen MR) is 194 cm³/mol. The Hall–Kier alpha value is -1.55. The minimum absolute atomic E-state index is 0.00909. The molecule has 42 heavy (non-hydrogen) atoms. The standard InChI is InChI=1S/C18H20ClF.C18H21FO.I2/c1-11(2)16-9-17(13(4)8-18(16)20)15-6-5-12(3)7-14(15)10-19;1-11(2)16-9-17(13(4)8-18(16)19)15-6-5-12(3)7-14(15)10-20;1-2/h5-9,11H,10H2,1-4H3;5-9,11,20H,10H2,1-4H3;. The summed E-state index contributed by atoms with van der Waals surface area (Å²) in [7, 11) is 0. The van der Waals surface area contributed by atoms with Crippen molar-refractivity contribution in [3.63, 3.8) is 0 Å². The van der Waals surface area contributed by atoms with E-state index >= 15 is 0 Å². The van der Waals surface area contributed by atoms with E-state index in [0.717, 1.165) is 61.2 Å². The highest BCUT2D eigenvalue weighted by atomic mass is 128. The fourth-order valence-electron chi connectivity index (χ4n) is 5.06. The van der Waals surface area contributed by atoms with Crippen LogP contribution in [-0.2, 0) is 12.5 Å². The van der Waals surface area contributed by atoms with Gasteiger partial charge in [-0.2, -0.15) is 0 Å². The molecule has 0 bridgehead atoms. The zero-order valence-corrected chi connectivity index (χ0v) is 30.8. The molecule has 0 aromatic heterocycles. The molecule has 1 N–H and O–H groups in total. The molecule has 0 aliphatic carbocycles. The van der Waals surface area contributed by atoms with E-state index in [4.69, 9.17) is 11.6 Å². The van der Waals surface area contributed by atoms with Crippen LogP contribution in [0.4, 0.5) is 8.78 Å². The van der Waals surface area contributed by atoms with Gasteiger partial charge >= 0.3 is 0 Å². The Morgan fingerprint density at radius 2 is 1.00 bits per heavy atom. The van der Waals surface area contributed by atoms with Gasteiger partial charge in [0.2, 0.25) is 0 Å². The monoisotopic (exact) mass is 816 g/mol. The van der Waals surface area contributed by atoms with Gasteiger partial charge in [-0.3, -0.25) is 0 Å². The van der Waals surface area contributed by atoms with Gasteiger partial charge < -0.3 is 5.11 Å². The lowest BCUT2D eigenvalue weighted by Crippen LogP contribution is -1.98. The first-order chi connectivity index (χ1) is 19.9. The number of alkyl halides is 1. The maximum Gasteiger partial charge on any atom is 0.126 e. The summed E-state index contributed by atoms with van der Waals surface area (Å²) >= 11 is 10.3. The van der Waals surface area contributed by atoms with Crippen LogP contribution in [0, 0.1) is 39.3 Å². The van der Waals surface area contributed by atoms with Crippen molar-refractivity contribution in [1.29, 1.82) is 0 Å². The van der Waals surface area contributed by atoms with Crippen LogP contribution in [0.2, 0.25) is 0 Å². The van der Waals surface area contributed by atoms with Crippen LogP contribution in [0.25, 0.3) is 22.3 Å².